The van der Waals surface area contributed by atoms with E-state index >= 15 is 0 Å². The average Bonchev–Trinajstić information content (AvgIpc) is 3.17. The monoisotopic (exact) mass is 469 g/mol. The molecule has 3 aromatic rings. The van der Waals surface area contributed by atoms with E-state index in [0.29, 0.717) is 30.7 Å². The van der Waals surface area contributed by atoms with E-state index in [2.05, 4.69) is 15.3 Å². The number of rotatable bonds is 3. The smallest absolute Gasteiger partial charge is 0.433 e. The number of pyridine rings is 1. The summed E-state index contributed by atoms with van der Waals surface area (Å²) in [5, 5.41) is 2.68. The van der Waals surface area contributed by atoms with Gasteiger partial charge in [-0.3, -0.25) is 9.78 Å². The van der Waals surface area contributed by atoms with Gasteiger partial charge in [0.15, 0.2) is 0 Å². The van der Waals surface area contributed by atoms with Gasteiger partial charge in [0.1, 0.15) is 17.1 Å². The van der Waals surface area contributed by atoms with Crippen LogP contribution in [0.1, 0.15) is 57.5 Å². The second-order valence-corrected chi connectivity index (χ2v) is 7.76. The van der Waals surface area contributed by atoms with Gasteiger partial charge in [0.25, 0.3) is 5.91 Å². The Bertz CT molecular complexity index is 1200. The van der Waals surface area contributed by atoms with Gasteiger partial charge in [-0.2, -0.15) is 26.3 Å². The molecule has 2 aromatic heterocycles. The Morgan fingerprint density at radius 3 is 2.55 bits per heavy atom. The standard InChI is InChI=1S/C22H17F6N3O2/c1-11-7-13(9-14(8-11)21(23,24)25)19(32)30-15-3-2-4-16-18(15)31-20(33-16)12-5-6-29-17(10-12)22(26,27)28/h5-10,15H,2-4H2,1H3,(H,30,32). The molecule has 2 heterocycles. The summed E-state index contributed by atoms with van der Waals surface area (Å²) in [6.45, 7) is 1.46. The molecule has 4 rings (SSSR count). The highest BCUT2D eigenvalue weighted by molar-refractivity contribution is 5.95. The van der Waals surface area contributed by atoms with Crippen molar-refractivity contribution in [1.29, 1.82) is 0 Å². The van der Waals surface area contributed by atoms with Gasteiger partial charge >= 0.3 is 12.4 Å². The highest BCUT2D eigenvalue weighted by atomic mass is 19.4. The fourth-order valence-corrected chi connectivity index (χ4v) is 3.72. The summed E-state index contributed by atoms with van der Waals surface area (Å²) in [5.74, 6) is -0.356. The van der Waals surface area contributed by atoms with Crippen molar-refractivity contribution >= 4 is 5.91 Å². The third-order valence-corrected chi connectivity index (χ3v) is 5.22. The van der Waals surface area contributed by atoms with Crippen molar-refractivity contribution in [2.75, 3.05) is 0 Å². The molecular formula is C22H17F6N3O2. The number of nitrogens with zero attached hydrogens (tertiary/aromatic N) is 2. The zero-order valence-corrected chi connectivity index (χ0v) is 17.1. The summed E-state index contributed by atoms with van der Waals surface area (Å²) >= 11 is 0. The maximum Gasteiger partial charge on any atom is 0.433 e. The molecular weight excluding hydrogens is 452 g/mol. The minimum absolute atomic E-state index is 0.0519. The highest BCUT2D eigenvalue weighted by Crippen LogP contribution is 2.36. The molecule has 174 valence electrons. The van der Waals surface area contributed by atoms with Gasteiger partial charge in [0.05, 0.1) is 11.6 Å². The number of oxazole rings is 1. The number of hydrogen-bond acceptors (Lipinski definition) is 4. The van der Waals surface area contributed by atoms with Gasteiger partial charge in [-0.25, -0.2) is 4.98 Å². The molecule has 0 bridgehead atoms. The van der Waals surface area contributed by atoms with Crippen LogP contribution in [0, 0.1) is 6.92 Å². The first-order valence-corrected chi connectivity index (χ1v) is 9.95. The van der Waals surface area contributed by atoms with E-state index in [1.54, 1.807) is 0 Å². The van der Waals surface area contributed by atoms with Crippen LogP contribution in [0.4, 0.5) is 26.3 Å². The van der Waals surface area contributed by atoms with Crippen molar-refractivity contribution in [1.82, 2.24) is 15.3 Å². The second kappa shape index (κ2) is 8.20. The molecule has 0 fully saturated rings. The topological polar surface area (TPSA) is 68.0 Å². The van der Waals surface area contributed by atoms with Crippen LogP contribution in [0.15, 0.2) is 40.9 Å². The SMILES string of the molecule is Cc1cc(C(=O)NC2CCCc3oc(-c4ccnc(C(F)(F)F)c4)nc32)cc(C(F)(F)F)c1. The molecule has 1 amide bonds. The lowest BCUT2D eigenvalue weighted by molar-refractivity contribution is -0.141. The fraction of sp³-hybridized carbons (Fsp3) is 0.318. The summed E-state index contributed by atoms with van der Waals surface area (Å²) in [4.78, 5) is 20.3. The van der Waals surface area contributed by atoms with Gasteiger partial charge in [-0.05, 0) is 55.7 Å². The molecule has 5 nitrogen and oxygen atoms in total. The van der Waals surface area contributed by atoms with Crippen molar-refractivity contribution in [3.63, 3.8) is 0 Å². The predicted octanol–water partition coefficient (Wildman–Crippen LogP) is 5.89. The van der Waals surface area contributed by atoms with Crippen LogP contribution in [0.5, 0.6) is 0 Å². The normalized spacial score (nSPS) is 16.4. The molecule has 0 spiro atoms. The van der Waals surface area contributed by atoms with Crippen molar-refractivity contribution in [3.8, 4) is 11.5 Å². The van der Waals surface area contributed by atoms with Gasteiger partial charge in [0.2, 0.25) is 5.89 Å². The van der Waals surface area contributed by atoms with Crippen molar-refractivity contribution in [2.24, 2.45) is 0 Å². The minimum atomic E-state index is -4.64. The lowest BCUT2D eigenvalue weighted by Gasteiger charge is -2.21. The third kappa shape index (κ3) is 4.86. The predicted molar refractivity (Wildman–Crippen MR) is 104 cm³/mol. The second-order valence-electron chi connectivity index (χ2n) is 7.76. The maximum atomic E-state index is 13.1. The van der Waals surface area contributed by atoms with Crippen molar-refractivity contribution < 1.29 is 35.6 Å². The molecule has 1 atom stereocenters. The van der Waals surface area contributed by atoms with Gasteiger partial charge in [-0.15, -0.1) is 0 Å². The van der Waals surface area contributed by atoms with E-state index in [4.69, 9.17) is 4.42 Å². The summed E-state index contributed by atoms with van der Waals surface area (Å²) in [6.07, 6.45) is -6.72. The van der Waals surface area contributed by atoms with Crippen LogP contribution >= 0.6 is 0 Å². The lowest BCUT2D eigenvalue weighted by atomic mass is 9.96. The number of carbonyl (C=O) groups is 1. The van der Waals surface area contributed by atoms with Crippen LogP contribution in [-0.2, 0) is 18.8 Å². The number of carbonyl (C=O) groups excluding carboxylic acids is 1. The van der Waals surface area contributed by atoms with E-state index < -0.39 is 35.6 Å². The fourth-order valence-electron chi connectivity index (χ4n) is 3.72. The van der Waals surface area contributed by atoms with Gasteiger partial charge in [-0.1, -0.05) is 0 Å². The molecule has 0 aliphatic heterocycles. The Morgan fingerprint density at radius 2 is 1.85 bits per heavy atom. The zero-order chi connectivity index (χ0) is 24.0. The lowest BCUT2D eigenvalue weighted by Crippen LogP contribution is -2.31. The molecule has 0 saturated carbocycles. The third-order valence-electron chi connectivity index (χ3n) is 5.22. The van der Waals surface area contributed by atoms with E-state index in [0.717, 1.165) is 24.4 Å². The van der Waals surface area contributed by atoms with Crippen LogP contribution < -0.4 is 5.32 Å². The first kappa shape index (κ1) is 22.8. The quantitative estimate of drug-likeness (QED) is 0.486. The van der Waals surface area contributed by atoms with E-state index in [9.17, 15) is 31.1 Å². The van der Waals surface area contributed by atoms with Crippen molar-refractivity contribution in [2.45, 2.75) is 44.6 Å². The Hall–Kier alpha value is -3.37. The molecule has 1 aromatic carbocycles. The van der Waals surface area contributed by atoms with Crippen LogP contribution in [0.3, 0.4) is 0 Å². The van der Waals surface area contributed by atoms with Gasteiger partial charge < -0.3 is 9.73 Å². The van der Waals surface area contributed by atoms with Crippen LogP contribution in [0.25, 0.3) is 11.5 Å². The summed E-state index contributed by atoms with van der Waals surface area (Å²) in [6, 6.07) is 4.55. The van der Waals surface area contributed by atoms with E-state index in [1.165, 1.54) is 19.1 Å². The molecule has 1 aliphatic rings. The zero-order valence-electron chi connectivity index (χ0n) is 17.1. The number of alkyl halides is 6. The number of aryl methyl sites for hydroxylation is 2. The average molecular weight is 469 g/mol. The maximum absolute atomic E-state index is 13.1. The van der Waals surface area contributed by atoms with E-state index in [-0.39, 0.29) is 22.6 Å². The molecule has 1 unspecified atom stereocenters. The Labute approximate surface area is 183 Å². The molecule has 0 radical (unpaired) electrons. The summed E-state index contributed by atoms with van der Waals surface area (Å²) < 4.78 is 83.9. The first-order valence-electron chi connectivity index (χ1n) is 9.95. The highest BCUT2D eigenvalue weighted by Gasteiger charge is 2.34. The number of fused-ring (bicyclic) bond motifs is 1. The molecule has 1 N–H and O–H groups in total. The molecule has 11 heteroatoms. The number of nitrogens with one attached hydrogen (secondary N) is 1. The number of hydrogen-bond donors (Lipinski definition) is 1. The molecule has 1 aliphatic carbocycles. The summed E-state index contributed by atoms with van der Waals surface area (Å²) in [7, 11) is 0. The number of halogens is 6. The van der Waals surface area contributed by atoms with Crippen LogP contribution in [0.2, 0.25) is 0 Å². The molecule has 33 heavy (non-hydrogen) atoms. The van der Waals surface area contributed by atoms with Gasteiger partial charge in [0, 0.05) is 23.7 Å². The molecule has 0 saturated heterocycles. The van der Waals surface area contributed by atoms with Crippen molar-refractivity contribution in [3.05, 3.63) is 70.4 Å². The number of aromatic nitrogens is 2. The largest absolute Gasteiger partial charge is 0.441 e. The first-order chi connectivity index (χ1) is 15.4. The Balaban J connectivity index is 1.61. The van der Waals surface area contributed by atoms with E-state index in [1.807, 2.05) is 0 Å². The Morgan fingerprint density at radius 1 is 1.09 bits per heavy atom. The number of amides is 1. The number of benzene rings is 1. The Kier molecular flexibility index (Phi) is 5.67. The summed E-state index contributed by atoms with van der Waals surface area (Å²) in [5.41, 5.74) is -1.48. The minimum Gasteiger partial charge on any atom is -0.441 e. The van der Waals surface area contributed by atoms with Crippen LogP contribution in [-0.4, -0.2) is 15.9 Å².